The van der Waals surface area contributed by atoms with Crippen molar-refractivity contribution in [2.45, 2.75) is 92.9 Å². The first kappa shape index (κ1) is 14.4. The topological polar surface area (TPSA) is 0 Å². The summed E-state index contributed by atoms with van der Waals surface area (Å²) in [5, 5.41) is 0. The lowest BCUT2D eigenvalue weighted by Gasteiger charge is -2.43. The van der Waals surface area contributed by atoms with Crippen LogP contribution in [-0.4, -0.2) is 0 Å². The number of hydrogen-bond acceptors (Lipinski definition) is 0. The van der Waals surface area contributed by atoms with Gasteiger partial charge in [-0.3, -0.25) is 0 Å². The van der Waals surface area contributed by atoms with Crippen LogP contribution in [0.5, 0.6) is 0 Å². The highest BCUT2D eigenvalue weighted by atomic mass is 14.8. The van der Waals surface area contributed by atoms with Gasteiger partial charge in [0.25, 0.3) is 0 Å². The molecule has 2 unspecified atom stereocenters. The van der Waals surface area contributed by atoms with E-state index >= 15 is 0 Å². The van der Waals surface area contributed by atoms with Crippen LogP contribution in [0.4, 0.5) is 0 Å². The van der Waals surface area contributed by atoms with Gasteiger partial charge in [-0.15, -0.1) is 0 Å². The van der Waals surface area contributed by atoms with E-state index in [1.54, 1.807) is 0 Å². The minimum atomic E-state index is 0.560. The fraction of sp³-hybridized carbons (Fsp3) is 1.00. The SMILES string of the molecule is CCCC1(C)C(C)(C)C1(CCC)CC1(C)CCC1. The molecule has 18 heavy (non-hydrogen) atoms. The Balaban J connectivity index is 2.22. The maximum atomic E-state index is 2.59. The van der Waals surface area contributed by atoms with Crippen molar-refractivity contribution in [3.05, 3.63) is 0 Å². The molecule has 2 aliphatic carbocycles. The molecule has 2 atom stereocenters. The Morgan fingerprint density at radius 3 is 1.78 bits per heavy atom. The van der Waals surface area contributed by atoms with E-state index in [1.165, 1.54) is 51.4 Å². The molecule has 0 amide bonds. The van der Waals surface area contributed by atoms with Crippen LogP contribution in [-0.2, 0) is 0 Å². The first-order chi connectivity index (χ1) is 8.29. The molecule has 0 saturated heterocycles. The van der Waals surface area contributed by atoms with Gasteiger partial charge in [0.2, 0.25) is 0 Å². The third-order valence-corrected chi connectivity index (χ3v) is 7.29. The van der Waals surface area contributed by atoms with Crippen molar-refractivity contribution in [1.82, 2.24) is 0 Å². The molecule has 0 heterocycles. The molecule has 0 bridgehead atoms. The van der Waals surface area contributed by atoms with Gasteiger partial charge in [0.15, 0.2) is 0 Å². The van der Waals surface area contributed by atoms with Crippen LogP contribution in [0.3, 0.4) is 0 Å². The summed E-state index contributed by atoms with van der Waals surface area (Å²) in [6, 6.07) is 0. The smallest absolute Gasteiger partial charge is 0.0177 e. The summed E-state index contributed by atoms with van der Waals surface area (Å²) >= 11 is 0. The van der Waals surface area contributed by atoms with E-state index in [1.807, 2.05) is 0 Å². The second-order valence-corrected chi connectivity index (χ2v) is 8.38. The molecular formula is C18H34. The Labute approximate surface area is 115 Å². The summed E-state index contributed by atoms with van der Waals surface area (Å²) in [4.78, 5) is 0. The first-order valence-corrected chi connectivity index (χ1v) is 8.29. The van der Waals surface area contributed by atoms with E-state index in [0.29, 0.717) is 21.7 Å². The maximum absolute atomic E-state index is 2.59. The van der Waals surface area contributed by atoms with E-state index in [4.69, 9.17) is 0 Å². The normalized spacial score (nSPS) is 40.3. The van der Waals surface area contributed by atoms with Crippen molar-refractivity contribution in [2.24, 2.45) is 21.7 Å². The van der Waals surface area contributed by atoms with Gasteiger partial charge in [0.05, 0.1) is 0 Å². The molecule has 2 saturated carbocycles. The Hall–Kier alpha value is 0. The van der Waals surface area contributed by atoms with Crippen LogP contribution < -0.4 is 0 Å². The van der Waals surface area contributed by atoms with E-state index in [-0.39, 0.29) is 0 Å². The van der Waals surface area contributed by atoms with Gasteiger partial charge in [0, 0.05) is 0 Å². The minimum Gasteiger partial charge on any atom is -0.0654 e. The van der Waals surface area contributed by atoms with E-state index in [0.717, 1.165) is 0 Å². The lowest BCUT2D eigenvalue weighted by atomic mass is 9.62. The zero-order valence-electron chi connectivity index (χ0n) is 13.7. The molecule has 0 radical (unpaired) electrons. The molecule has 0 spiro atoms. The highest BCUT2D eigenvalue weighted by Crippen LogP contribution is 2.84. The van der Waals surface area contributed by atoms with Crippen molar-refractivity contribution in [2.75, 3.05) is 0 Å². The summed E-state index contributed by atoms with van der Waals surface area (Å²) in [5.41, 5.74) is 2.48. The fourth-order valence-corrected chi connectivity index (χ4v) is 5.66. The van der Waals surface area contributed by atoms with Gasteiger partial charge < -0.3 is 0 Å². The third-order valence-electron chi connectivity index (χ3n) is 7.29. The molecular weight excluding hydrogens is 216 g/mol. The highest BCUT2D eigenvalue weighted by molar-refractivity contribution is 5.26. The van der Waals surface area contributed by atoms with Crippen molar-refractivity contribution in [3.63, 3.8) is 0 Å². The lowest BCUT2D eigenvalue weighted by molar-refractivity contribution is 0.0806. The second kappa shape index (κ2) is 4.25. The minimum absolute atomic E-state index is 0.560. The summed E-state index contributed by atoms with van der Waals surface area (Å²) in [6.07, 6.45) is 11.5. The Kier molecular flexibility index (Phi) is 3.40. The monoisotopic (exact) mass is 250 g/mol. The molecule has 0 aromatic heterocycles. The molecule has 0 nitrogen and oxygen atoms in total. The van der Waals surface area contributed by atoms with E-state index in [9.17, 15) is 0 Å². The standard InChI is InChI=1S/C18H34/c1-7-10-17(6)15(3,4)18(17,11-8-2)14-16(5)12-9-13-16/h7-14H2,1-6H3. The highest BCUT2D eigenvalue weighted by Gasteiger charge is 2.77. The predicted molar refractivity (Wildman–Crippen MR) is 80.7 cm³/mol. The average molecular weight is 250 g/mol. The van der Waals surface area contributed by atoms with Crippen LogP contribution >= 0.6 is 0 Å². The summed E-state index contributed by atoms with van der Waals surface area (Å²) in [5.74, 6) is 0. The predicted octanol–water partition coefficient (Wildman–Crippen LogP) is 6.20. The van der Waals surface area contributed by atoms with Crippen LogP contribution in [0.2, 0.25) is 0 Å². The van der Waals surface area contributed by atoms with Gasteiger partial charge in [-0.25, -0.2) is 0 Å². The van der Waals surface area contributed by atoms with E-state index < -0.39 is 0 Å². The summed E-state index contributed by atoms with van der Waals surface area (Å²) in [6.45, 7) is 15.0. The molecule has 0 aromatic rings. The summed E-state index contributed by atoms with van der Waals surface area (Å²) in [7, 11) is 0. The van der Waals surface area contributed by atoms with Crippen LogP contribution in [0.1, 0.15) is 92.9 Å². The molecule has 0 N–H and O–H groups in total. The van der Waals surface area contributed by atoms with Crippen LogP contribution in [0, 0.1) is 21.7 Å². The zero-order chi connectivity index (χ0) is 13.7. The molecule has 2 aliphatic rings. The molecule has 106 valence electrons. The van der Waals surface area contributed by atoms with Crippen molar-refractivity contribution < 1.29 is 0 Å². The quantitative estimate of drug-likeness (QED) is 0.526. The number of rotatable bonds is 6. The lowest BCUT2D eigenvalue weighted by Crippen LogP contribution is -2.31. The fourth-order valence-electron chi connectivity index (χ4n) is 5.66. The first-order valence-electron chi connectivity index (χ1n) is 8.29. The van der Waals surface area contributed by atoms with Gasteiger partial charge in [-0.1, -0.05) is 60.8 Å². The van der Waals surface area contributed by atoms with Gasteiger partial charge in [-0.05, 0) is 53.8 Å². The second-order valence-electron chi connectivity index (χ2n) is 8.38. The Bertz CT molecular complexity index is 310. The van der Waals surface area contributed by atoms with Crippen molar-refractivity contribution >= 4 is 0 Å². The van der Waals surface area contributed by atoms with Gasteiger partial charge >= 0.3 is 0 Å². The Morgan fingerprint density at radius 1 is 0.833 bits per heavy atom. The third kappa shape index (κ3) is 1.63. The molecule has 0 aromatic carbocycles. The van der Waals surface area contributed by atoms with Gasteiger partial charge in [-0.2, -0.15) is 0 Å². The van der Waals surface area contributed by atoms with Gasteiger partial charge in [0.1, 0.15) is 0 Å². The Morgan fingerprint density at radius 2 is 1.39 bits per heavy atom. The van der Waals surface area contributed by atoms with Crippen LogP contribution in [0.25, 0.3) is 0 Å². The van der Waals surface area contributed by atoms with Crippen molar-refractivity contribution in [1.29, 1.82) is 0 Å². The van der Waals surface area contributed by atoms with E-state index in [2.05, 4.69) is 41.5 Å². The molecule has 2 rings (SSSR count). The molecule has 0 aliphatic heterocycles. The van der Waals surface area contributed by atoms with Crippen molar-refractivity contribution in [3.8, 4) is 0 Å². The van der Waals surface area contributed by atoms with Crippen LogP contribution in [0.15, 0.2) is 0 Å². The summed E-state index contributed by atoms with van der Waals surface area (Å²) < 4.78 is 0. The maximum Gasteiger partial charge on any atom is -0.0177 e. The number of hydrogen-bond donors (Lipinski definition) is 0. The molecule has 2 fully saturated rings. The largest absolute Gasteiger partial charge is 0.0654 e. The molecule has 0 heteroatoms. The zero-order valence-corrected chi connectivity index (χ0v) is 13.7. The average Bonchev–Trinajstić information content (AvgIpc) is 2.58.